The van der Waals surface area contributed by atoms with Crippen LogP contribution in [-0.2, 0) is 4.74 Å². The van der Waals surface area contributed by atoms with E-state index in [0.29, 0.717) is 19.4 Å². The van der Waals surface area contributed by atoms with Gasteiger partial charge in [0.1, 0.15) is 0 Å². The zero-order chi connectivity index (χ0) is 10.2. The number of hydrogen-bond donors (Lipinski definition) is 1. The first kappa shape index (κ1) is 10.3. The summed E-state index contributed by atoms with van der Waals surface area (Å²) in [6, 6.07) is 0. The maximum Gasteiger partial charge on any atom is 0.248 e. The van der Waals surface area contributed by atoms with E-state index in [-0.39, 0.29) is 24.5 Å². The summed E-state index contributed by atoms with van der Waals surface area (Å²) in [5.74, 6) is -2.46. The Hall–Kier alpha value is -0.220. The maximum absolute atomic E-state index is 12.9. The molecule has 2 N–H and O–H groups in total. The first-order valence-corrected chi connectivity index (χ1v) is 5.31. The fraction of sp³-hybridized carbons (Fsp3) is 1.00. The van der Waals surface area contributed by atoms with Crippen molar-refractivity contribution in [1.82, 2.24) is 0 Å². The van der Waals surface area contributed by atoms with Crippen molar-refractivity contribution < 1.29 is 13.5 Å². The van der Waals surface area contributed by atoms with E-state index in [4.69, 9.17) is 10.5 Å². The molecule has 1 atom stereocenters. The predicted molar refractivity (Wildman–Crippen MR) is 49.3 cm³/mol. The van der Waals surface area contributed by atoms with E-state index in [2.05, 4.69) is 0 Å². The highest BCUT2D eigenvalue weighted by molar-refractivity contribution is 4.95. The molecule has 1 saturated carbocycles. The standard InChI is InChI=1S/C10H17F2NO/c11-10(12)5-3-9(4-6-10)2-1-8(7-13)14-9/h8H,1-7,13H2/t8-/m1/s1. The Kier molecular flexibility index (Phi) is 2.52. The summed E-state index contributed by atoms with van der Waals surface area (Å²) in [6.07, 6.45) is 2.89. The highest BCUT2D eigenvalue weighted by Gasteiger charge is 2.47. The lowest BCUT2D eigenvalue weighted by molar-refractivity contribution is -0.125. The van der Waals surface area contributed by atoms with Crippen LogP contribution in [0.15, 0.2) is 0 Å². The van der Waals surface area contributed by atoms with Gasteiger partial charge in [-0.2, -0.15) is 0 Å². The van der Waals surface area contributed by atoms with Crippen LogP contribution in [0, 0.1) is 0 Å². The minimum absolute atomic E-state index is 0.0235. The molecule has 0 bridgehead atoms. The fourth-order valence-corrected chi connectivity index (χ4v) is 2.50. The smallest absolute Gasteiger partial charge is 0.248 e. The highest BCUT2D eigenvalue weighted by Crippen LogP contribution is 2.46. The van der Waals surface area contributed by atoms with Crippen molar-refractivity contribution in [2.45, 2.75) is 56.2 Å². The molecule has 2 aliphatic rings. The molecule has 0 amide bonds. The van der Waals surface area contributed by atoms with Crippen molar-refractivity contribution in [2.75, 3.05) is 6.54 Å². The molecular formula is C10H17F2NO. The second kappa shape index (κ2) is 3.42. The van der Waals surface area contributed by atoms with Crippen LogP contribution in [0.25, 0.3) is 0 Å². The lowest BCUT2D eigenvalue weighted by Crippen LogP contribution is -2.39. The van der Waals surface area contributed by atoms with E-state index in [0.717, 1.165) is 12.8 Å². The number of ether oxygens (including phenoxy) is 1. The van der Waals surface area contributed by atoms with E-state index >= 15 is 0 Å². The van der Waals surface area contributed by atoms with E-state index in [1.54, 1.807) is 0 Å². The van der Waals surface area contributed by atoms with Gasteiger partial charge >= 0.3 is 0 Å². The molecule has 2 nitrogen and oxygen atoms in total. The van der Waals surface area contributed by atoms with E-state index in [9.17, 15) is 8.78 Å². The molecule has 0 aromatic rings. The third-order valence-electron chi connectivity index (χ3n) is 3.49. The Morgan fingerprint density at radius 1 is 1.14 bits per heavy atom. The van der Waals surface area contributed by atoms with Gasteiger partial charge in [-0.15, -0.1) is 0 Å². The molecule has 0 unspecified atom stereocenters. The van der Waals surface area contributed by atoms with Gasteiger partial charge in [0.15, 0.2) is 0 Å². The fourth-order valence-electron chi connectivity index (χ4n) is 2.50. The second-order valence-corrected chi connectivity index (χ2v) is 4.55. The Morgan fingerprint density at radius 3 is 2.29 bits per heavy atom. The van der Waals surface area contributed by atoms with Crippen molar-refractivity contribution in [1.29, 1.82) is 0 Å². The number of alkyl halides is 2. The van der Waals surface area contributed by atoms with Gasteiger partial charge in [0, 0.05) is 19.4 Å². The molecule has 0 aromatic carbocycles. The van der Waals surface area contributed by atoms with Gasteiger partial charge in [-0.1, -0.05) is 0 Å². The molecule has 82 valence electrons. The van der Waals surface area contributed by atoms with Crippen molar-refractivity contribution in [3.8, 4) is 0 Å². The van der Waals surface area contributed by atoms with Gasteiger partial charge in [-0.3, -0.25) is 0 Å². The Labute approximate surface area is 82.8 Å². The number of hydrogen-bond acceptors (Lipinski definition) is 2. The highest BCUT2D eigenvalue weighted by atomic mass is 19.3. The van der Waals surface area contributed by atoms with Crippen molar-refractivity contribution in [3.63, 3.8) is 0 Å². The number of rotatable bonds is 1. The van der Waals surface area contributed by atoms with Crippen molar-refractivity contribution >= 4 is 0 Å². The lowest BCUT2D eigenvalue weighted by atomic mass is 9.81. The Balaban J connectivity index is 1.94. The van der Waals surface area contributed by atoms with Gasteiger partial charge in [0.25, 0.3) is 0 Å². The van der Waals surface area contributed by atoms with Gasteiger partial charge in [0.05, 0.1) is 11.7 Å². The van der Waals surface area contributed by atoms with Gasteiger partial charge in [-0.25, -0.2) is 8.78 Å². The minimum atomic E-state index is -2.46. The third kappa shape index (κ3) is 1.91. The van der Waals surface area contributed by atoms with Crippen molar-refractivity contribution in [3.05, 3.63) is 0 Å². The quantitative estimate of drug-likeness (QED) is 0.711. The first-order chi connectivity index (χ1) is 6.55. The predicted octanol–water partition coefficient (Wildman–Crippen LogP) is 2.07. The largest absolute Gasteiger partial charge is 0.370 e. The van der Waals surface area contributed by atoms with Crippen LogP contribution < -0.4 is 5.73 Å². The average Bonchev–Trinajstić information content (AvgIpc) is 2.56. The summed E-state index contributed by atoms with van der Waals surface area (Å²) in [6.45, 7) is 0.512. The number of halogens is 2. The molecule has 1 aliphatic heterocycles. The summed E-state index contributed by atoms with van der Waals surface area (Å²) in [4.78, 5) is 0. The monoisotopic (exact) mass is 205 g/mol. The SMILES string of the molecule is NC[C@H]1CCC2(CCC(F)(F)CC2)O1. The topological polar surface area (TPSA) is 35.2 Å². The maximum atomic E-state index is 12.9. The van der Waals surface area contributed by atoms with Gasteiger partial charge in [-0.05, 0) is 25.7 Å². The van der Waals surface area contributed by atoms with E-state index in [1.165, 1.54) is 0 Å². The zero-order valence-electron chi connectivity index (χ0n) is 8.27. The molecule has 1 heterocycles. The molecule has 2 fully saturated rings. The molecule has 0 aromatic heterocycles. The third-order valence-corrected chi connectivity index (χ3v) is 3.49. The van der Waals surface area contributed by atoms with Crippen LogP contribution in [0.2, 0.25) is 0 Å². The molecule has 1 aliphatic carbocycles. The molecule has 1 spiro atoms. The van der Waals surface area contributed by atoms with Gasteiger partial charge < -0.3 is 10.5 Å². The molecule has 4 heteroatoms. The summed E-state index contributed by atoms with van der Waals surface area (Å²) in [5.41, 5.74) is 5.25. The van der Waals surface area contributed by atoms with Crippen LogP contribution in [-0.4, -0.2) is 24.2 Å². The number of nitrogens with two attached hydrogens (primary N) is 1. The van der Waals surface area contributed by atoms with Crippen molar-refractivity contribution in [2.24, 2.45) is 5.73 Å². The molecule has 1 saturated heterocycles. The summed E-state index contributed by atoms with van der Waals surface area (Å²) < 4.78 is 31.7. The van der Waals surface area contributed by atoms with Crippen LogP contribution >= 0.6 is 0 Å². The van der Waals surface area contributed by atoms with E-state index in [1.807, 2.05) is 0 Å². The Morgan fingerprint density at radius 2 is 1.79 bits per heavy atom. The van der Waals surface area contributed by atoms with E-state index < -0.39 is 5.92 Å². The minimum Gasteiger partial charge on any atom is -0.370 e. The van der Waals surface area contributed by atoms with Crippen LogP contribution in [0.1, 0.15) is 38.5 Å². The van der Waals surface area contributed by atoms with Crippen LogP contribution in [0.4, 0.5) is 8.78 Å². The normalized spacial score (nSPS) is 34.9. The van der Waals surface area contributed by atoms with Crippen LogP contribution in [0.5, 0.6) is 0 Å². The molecule has 0 radical (unpaired) electrons. The summed E-state index contributed by atoms with van der Waals surface area (Å²) >= 11 is 0. The first-order valence-electron chi connectivity index (χ1n) is 5.31. The lowest BCUT2D eigenvalue weighted by Gasteiger charge is -2.36. The average molecular weight is 205 g/mol. The van der Waals surface area contributed by atoms with Gasteiger partial charge in [0.2, 0.25) is 5.92 Å². The summed E-state index contributed by atoms with van der Waals surface area (Å²) in [5, 5.41) is 0. The molecule has 14 heavy (non-hydrogen) atoms. The summed E-state index contributed by atoms with van der Waals surface area (Å²) in [7, 11) is 0. The second-order valence-electron chi connectivity index (χ2n) is 4.55. The molecular weight excluding hydrogens is 188 g/mol. The zero-order valence-corrected chi connectivity index (χ0v) is 8.27. The Bertz CT molecular complexity index is 210. The van der Waals surface area contributed by atoms with Crippen LogP contribution in [0.3, 0.4) is 0 Å². The molecule has 2 rings (SSSR count).